The first-order valence-electron chi connectivity index (χ1n) is 10.3. The normalized spacial score (nSPS) is 18.4. The molecule has 2 fully saturated rings. The molecule has 1 aliphatic heterocycles. The molecule has 1 aromatic carbocycles. The summed E-state index contributed by atoms with van der Waals surface area (Å²) in [6.45, 7) is 1.22. The lowest BCUT2D eigenvalue weighted by Crippen LogP contribution is -2.49. The molecule has 1 saturated carbocycles. The Morgan fingerprint density at radius 1 is 1.00 bits per heavy atom. The minimum Gasteiger partial charge on any atom is -0.355 e. The number of urea groups is 1. The zero-order valence-corrected chi connectivity index (χ0v) is 16.5. The first-order chi connectivity index (χ1) is 13.6. The molecule has 1 aliphatic carbocycles. The maximum Gasteiger partial charge on any atom is 0.321 e. The van der Waals surface area contributed by atoms with Crippen molar-refractivity contribution in [2.45, 2.75) is 51.0 Å². The number of nitrogens with one attached hydrogen (secondary N) is 3. The largest absolute Gasteiger partial charge is 0.355 e. The van der Waals surface area contributed by atoms with Crippen LogP contribution in [0.1, 0.15) is 55.3 Å². The van der Waals surface area contributed by atoms with Crippen molar-refractivity contribution in [1.82, 2.24) is 15.5 Å². The van der Waals surface area contributed by atoms with E-state index in [2.05, 4.69) is 16.0 Å². The number of hydrogen-bond acceptors (Lipinski definition) is 3. The summed E-state index contributed by atoms with van der Waals surface area (Å²) in [5, 5.41) is 8.61. The molecule has 28 heavy (non-hydrogen) atoms. The fourth-order valence-corrected chi connectivity index (χ4v) is 4.00. The Bertz CT molecular complexity index is 707. The predicted octanol–water partition coefficient (Wildman–Crippen LogP) is 2.74. The van der Waals surface area contributed by atoms with Gasteiger partial charge in [0.1, 0.15) is 0 Å². The van der Waals surface area contributed by atoms with E-state index in [-0.39, 0.29) is 29.8 Å². The molecule has 2 aliphatic rings. The summed E-state index contributed by atoms with van der Waals surface area (Å²) < 4.78 is 0. The third-order valence-electron chi connectivity index (χ3n) is 5.71. The maximum absolute atomic E-state index is 12.5. The van der Waals surface area contributed by atoms with Crippen LogP contribution in [0.5, 0.6) is 0 Å². The Balaban J connectivity index is 1.46. The van der Waals surface area contributed by atoms with Crippen LogP contribution in [0.15, 0.2) is 24.3 Å². The van der Waals surface area contributed by atoms with E-state index in [1.807, 2.05) is 0 Å². The van der Waals surface area contributed by atoms with Gasteiger partial charge in [-0.15, -0.1) is 0 Å². The van der Waals surface area contributed by atoms with Gasteiger partial charge in [0.15, 0.2) is 0 Å². The van der Waals surface area contributed by atoms with Gasteiger partial charge in [-0.3, -0.25) is 9.59 Å². The molecule has 0 bridgehead atoms. The topological polar surface area (TPSA) is 90.5 Å². The van der Waals surface area contributed by atoms with Gasteiger partial charge in [0.05, 0.1) is 0 Å². The van der Waals surface area contributed by atoms with Gasteiger partial charge in [0.25, 0.3) is 5.91 Å². The number of carbonyl (C=O) groups excluding carboxylic acids is 3. The van der Waals surface area contributed by atoms with Crippen molar-refractivity contribution in [3.8, 4) is 0 Å². The number of hydrogen-bond donors (Lipinski definition) is 3. The summed E-state index contributed by atoms with van der Waals surface area (Å²) in [5.74, 6) is 0.168. The van der Waals surface area contributed by atoms with Gasteiger partial charge in [-0.1, -0.05) is 25.3 Å². The second-order valence-electron chi connectivity index (χ2n) is 7.69. The third-order valence-corrected chi connectivity index (χ3v) is 5.71. The average Bonchev–Trinajstić information content (AvgIpc) is 2.74. The summed E-state index contributed by atoms with van der Waals surface area (Å²) in [4.78, 5) is 38.4. The summed E-state index contributed by atoms with van der Waals surface area (Å²) >= 11 is 0. The number of anilines is 1. The average molecular weight is 386 g/mol. The van der Waals surface area contributed by atoms with Crippen molar-refractivity contribution >= 4 is 23.5 Å². The number of benzene rings is 1. The lowest BCUT2D eigenvalue weighted by atomic mass is 9.88. The van der Waals surface area contributed by atoms with Crippen molar-refractivity contribution in [3.05, 3.63) is 29.8 Å². The molecule has 7 nitrogen and oxygen atoms in total. The summed E-state index contributed by atoms with van der Waals surface area (Å²) in [5.41, 5.74) is 1.10. The summed E-state index contributed by atoms with van der Waals surface area (Å²) in [7, 11) is 1.57. The highest BCUT2D eigenvalue weighted by atomic mass is 16.2. The fourth-order valence-electron chi connectivity index (χ4n) is 4.00. The number of likely N-dealkylation sites (tertiary alicyclic amines) is 1. The summed E-state index contributed by atoms with van der Waals surface area (Å²) in [6.07, 6.45) is 7.08. The van der Waals surface area contributed by atoms with Crippen LogP contribution in [0.25, 0.3) is 0 Å². The minimum atomic E-state index is -0.189. The van der Waals surface area contributed by atoms with E-state index < -0.39 is 0 Å². The van der Waals surface area contributed by atoms with Gasteiger partial charge in [0, 0.05) is 43.3 Å². The molecule has 0 unspecified atom stereocenters. The molecule has 3 rings (SSSR count). The Morgan fingerprint density at radius 2 is 1.71 bits per heavy atom. The molecule has 152 valence electrons. The molecule has 0 aromatic heterocycles. The lowest BCUT2D eigenvalue weighted by Gasteiger charge is -2.33. The van der Waals surface area contributed by atoms with Crippen molar-refractivity contribution in [3.63, 3.8) is 0 Å². The first kappa shape index (κ1) is 20.2. The highest BCUT2D eigenvalue weighted by Crippen LogP contribution is 2.24. The maximum atomic E-state index is 12.5. The Hall–Kier alpha value is -2.57. The van der Waals surface area contributed by atoms with Crippen LogP contribution in [-0.4, -0.2) is 48.9 Å². The zero-order chi connectivity index (χ0) is 19.9. The van der Waals surface area contributed by atoms with Crippen molar-refractivity contribution in [2.75, 3.05) is 25.5 Å². The molecule has 3 N–H and O–H groups in total. The molecule has 1 saturated heterocycles. The standard InChI is InChI=1S/C21H30N4O3/c1-22-19(26)16-8-5-9-18(14-16)24-21(28)25-12-10-17(11-13-25)23-20(27)15-6-3-2-4-7-15/h5,8-9,14-15,17H,2-4,6-7,10-13H2,1H3,(H,22,26)(H,23,27)(H,24,28). The van der Waals surface area contributed by atoms with Crippen LogP contribution in [0.2, 0.25) is 0 Å². The number of amides is 4. The van der Waals surface area contributed by atoms with Crippen LogP contribution in [0, 0.1) is 5.92 Å². The second-order valence-corrected chi connectivity index (χ2v) is 7.69. The zero-order valence-electron chi connectivity index (χ0n) is 16.5. The van der Waals surface area contributed by atoms with E-state index in [4.69, 9.17) is 0 Å². The smallest absolute Gasteiger partial charge is 0.321 e. The van der Waals surface area contributed by atoms with E-state index in [0.717, 1.165) is 38.5 Å². The van der Waals surface area contributed by atoms with Crippen molar-refractivity contribution in [1.29, 1.82) is 0 Å². The van der Waals surface area contributed by atoms with Crippen LogP contribution in [-0.2, 0) is 4.79 Å². The lowest BCUT2D eigenvalue weighted by molar-refractivity contribution is -0.126. The van der Waals surface area contributed by atoms with E-state index in [0.29, 0.717) is 24.3 Å². The molecule has 0 spiro atoms. The Labute approximate surface area is 166 Å². The van der Waals surface area contributed by atoms with E-state index in [9.17, 15) is 14.4 Å². The highest BCUT2D eigenvalue weighted by molar-refractivity contribution is 5.96. The van der Waals surface area contributed by atoms with Gasteiger partial charge < -0.3 is 20.9 Å². The monoisotopic (exact) mass is 386 g/mol. The van der Waals surface area contributed by atoms with Crippen LogP contribution >= 0.6 is 0 Å². The number of piperidine rings is 1. The molecule has 1 aromatic rings. The van der Waals surface area contributed by atoms with Crippen molar-refractivity contribution in [2.24, 2.45) is 5.92 Å². The number of nitrogens with zero attached hydrogens (tertiary/aromatic N) is 1. The van der Waals surface area contributed by atoms with Gasteiger partial charge >= 0.3 is 6.03 Å². The Morgan fingerprint density at radius 3 is 2.39 bits per heavy atom. The molecule has 0 radical (unpaired) electrons. The second kappa shape index (κ2) is 9.57. The van der Waals surface area contributed by atoms with Crippen LogP contribution in [0.4, 0.5) is 10.5 Å². The van der Waals surface area contributed by atoms with Crippen molar-refractivity contribution < 1.29 is 14.4 Å². The van der Waals surface area contributed by atoms with Crippen LogP contribution < -0.4 is 16.0 Å². The quantitative estimate of drug-likeness (QED) is 0.743. The summed E-state index contributed by atoms with van der Waals surface area (Å²) in [6, 6.07) is 6.85. The molecule has 1 heterocycles. The van der Waals surface area contributed by atoms with E-state index in [1.165, 1.54) is 6.42 Å². The Kier molecular flexibility index (Phi) is 6.90. The van der Waals surface area contributed by atoms with E-state index in [1.54, 1.807) is 36.2 Å². The SMILES string of the molecule is CNC(=O)c1cccc(NC(=O)N2CCC(NC(=O)C3CCCCC3)CC2)c1. The van der Waals surface area contributed by atoms with E-state index >= 15 is 0 Å². The molecule has 0 atom stereocenters. The number of rotatable bonds is 4. The predicted molar refractivity (Wildman–Crippen MR) is 108 cm³/mol. The highest BCUT2D eigenvalue weighted by Gasteiger charge is 2.27. The first-order valence-corrected chi connectivity index (χ1v) is 10.3. The van der Waals surface area contributed by atoms with Crippen LogP contribution in [0.3, 0.4) is 0 Å². The number of carbonyl (C=O) groups is 3. The third kappa shape index (κ3) is 5.24. The fraction of sp³-hybridized carbons (Fsp3) is 0.571. The molecular formula is C21H30N4O3. The van der Waals surface area contributed by atoms with Gasteiger partial charge in [0.2, 0.25) is 5.91 Å². The molecule has 4 amide bonds. The van der Waals surface area contributed by atoms with Gasteiger partial charge in [-0.05, 0) is 43.9 Å². The molecular weight excluding hydrogens is 356 g/mol. The minimum absolute atomic E-state index is 0.148. The van der Waals surface area contributed by atoms with Gasteiger partial charge in [-0.25, -0.2) is 4.79 Å². The van der Waals surface area contributed by atoms with Gasteiger partial charge in [-0.2, -0.15) is 0 Å². The molecule has 7 heteroatoms.